The summed E-state index contributed by atoms with van der Waals surface area (Å²) in [4.78, 5) is 11.9. The number of aromatic nitrogens is 2. The first kappa shape index (κ1) is 16.1. The number of benzene rings is 1. The highest BCUT2D eigenvalue weighted by atomic mass is 15.3. The van der Waals surface area contributed by atoms with E-state index in [4.69, 9.17) is 15.7 Å². The van der Waals surface area contributed by atoms with Crippen LogP contribution in [0.1, 0.15) is 54.8 Å². The van der Waals surface area contributed by atoms with Crippen molar-refractivity contribution >= 4 is 11.8 Å². The molecule has 2 fully saturated rings. The average Bonchev–Trinajstić information content (AvgIpc) is 3.31. The molecule has 1 aromatic carbocycles. The standard InChI is InChI=1S/C21H27N5/c22-20-24-18-16(15-6-2-1-3-7-15)8-4-9-17(18)19(25-20)26-13-11-21(14-26)10-5-12-23-21/h1-3,6-7,16,23H,4-5,8-14H2,(H2,22,24,25). The summed E-state index contributed by atoms with van der Waals surface area (Å²) in [7, 11) is 0. The highest BCUT2D eigenvalue weighted by Gasteiger charge is 2.41. The predicted molar refractivity (Wildman–Crippen MR) is 104 cm³/mol. The molecule has 1 aromatic heterocycles. The van der Waals surface area contributed by atoms with Gasteiger partial charge in [-0.2, -0.15) is 4.98 Å². The summed E-state index contributed by atoms with van der Waals surface area (Å²) in [5.74, 6) is 1.85. The highest BCUT2D eigenvalue weighted by molar-refractivity contribution is 5.56. The molecule has 0 bridgehead atoms. The van der Waals surface area contributed by atoms with E-state index >= 15 is 0 Å². The Balaban J connectivity index is 1.53. The Morgan fingerprint density at radius 2 is 2.00 bits per heavy atom. The number of nitrogens with two attached hydrogens (primary N) is 1. The van der Waals surface area contributed by atoms with Gasteiger partial charge < -0.3 is 16.0 Å². The number of nitrogens with one attached hydrogen (secondary N) is 1. The van der Waals surface area contributed by atoms with Crippen LogP contribution < -0.4 is 16.0 Å². The number of rotatable bonds is 2. The number of hydrogen-bond donors (Lipinski definition) is 2. The Morgan fingerprint density at radius 1 is 1.12 bits per heavy atom. The van der Waals surface area contributed by atoms with Crippen molar-refractivity contribution in [3.05, 3.63) is 47.2 Å². The zero-order valence-electron chi connectivity index (χ0n) is 15.2. The van der Waals surface area contributed by atoms with Crippen LogP contribution in [0.2, 0.25) is 0 Å². The lowest BCUT2D eigenvalue weighted by atomic mass is 9.82. The summed E-state index contributed by atoms with van der Waals surface area (Å²) < 4.78 is 0. The monoisotopic (exact) mass is 349 g/mol. The molecule has 3 N–H and O–H groups in total. The van der Waals surface area contributed by atoms with Crippen molar-refractivity contribution < 1.29 is 0 Å². The van der Waals surface area contributed by atoms with Gasteiger partial charge in [-0.25, -0.2) is 4.98 Å². The van der Waals surface area contributed by atoms with Gasteiger partial charge in [-0.3, -0.25) is 0 Å². The van der Waals surface area contributed by atoms with Gasteiger partial charge in [0.25, 0.3) is 0 Å². The Kier molecular flexibility index (Phi) is 3.85. The fourth-order valence-corrected chi connectivity index (χ4v) is 5.20. The van der Waals surface area contributed by atoms with Crippen LogP contribution in [-0.4, -0.2) is 35.1 Å². The van der Waals surface area contributed by atoms with Crippen LogP contribution in [0.15, 0.2) is 30.3 Å². The topological polar surface area (TPSA) is 67.1 Å². The minimum Gasteiger partial charge on any atom is -0.368 e. The molecule has 5 rings (SSSR count). The quantitative estimate of drug-likeness (QED) is 0.873. The molecule has 26 heavy (non-hydrogen) atoms. The van der Waals surface area contributed by atoms with Crippen LogP contribution in [0, 0.1) is 0 Å². The van der Waals surface area contributed by atoms with E-state index in [-0.39, 0.29) is 0 Å². The van der Waals surface area contributed by atoms with Gasteiger partial charge in [0.15, 0.2) is 0 Å². The number of hydrogen-bond acceptors (Lipinski definition) is 5. The molecule has 0 radical (unpaired) electrons. The summed E-state index contributed by atoms with van der Waals surface area (Å²) in [6.45, 7) is 3.26. The summed E-state index contributed by atoms with van der Waals surface area (Å²) >= 11 is 0. The van der Waals surface area contributed by atoms with Crippen molar-refractivity contribution in [2.24, 2.45) is 0 Å². The first-order chi connectivity index (χ1) is 12.7. The molecule has 0 saturated carbocycles. The van der Waals surface area contributed by atoms with Crippen molar-refractivity contribution in [2.75, 3.05) is 30.3 Å². The zero-order valence-corrected chi connectivity index (χ0v) is 15.2. The fraction of sp³-hybridized carbons (Fsp3) is 0.524. The third-order valence-electron chi connectivity index (χ3n) is 6.47. The van der Waals surface area contributed by atoms with Crippen LogP contribution in [0.3, 0.4) is 0 Å². The van der Waals surface area contributed by atoms with Crippen molar-refractivity contribution in [3.63, 3.8) is 0 Å². The first-order valence-corrected chi connectivity index (χ1v) is 9.95. The molecule has 2 unspecified atom stereocenters. The Bertz CT molecular complexity index is 798. The minimum atomic E-state index is 0.292. The molecule has 2 atom stereocenters. The van der Waals surface area contributed by atoms with Crippen molar-refractivity contribution in [2.45, 2.75) is 50.0 Å². The molecule has 136 valence electrons. The molecule has 2 aliphatic heterocycles. The lowest BCUT2D eigenvalue weighted by Gasteiger charge is -2.30. The largest absolute Gasteiger partial charge is 0.368 e. The lowest BCUT2D eigenvalue weighted by Crippen LogP contribution is -2.42. The van der Waals surface area contributed by atoms with Gasteiger partial charge in [-0.05, 0) is 50.6 Å². The SMILES string of the molecule is Nc1nc2c(c(N3CCC4(CCCN4)C3)n1)CCCC2c1ccccc1. The average molecular weight is 349 g/mol. The molecule has 0 amide bonds. The lowest BCUT2D eigenvalue weighted by molar-refractivity contribution is 0.418. The van der Waals surface area contributed by atoms with E-state index in [1.807, 2.05) is 0 Å². The van der Waals surface area contributed by atoms with E-state index in [0.717, 1.165) is 44.0 Å². The molecule has 1 aliphatic carbocycles. The van der Waals surface area contributed by atoms with Gasteiger partial charge in [0, 0.05) is 30.1 Å². The van der Waals surface area contributed by atoms with Gasteiger partial charge in [-0.1, -0.05) is 30.3 Å². The summed E-state index contributed by atoms with van der Waals surface area (Å²) in [5.41, 5.74) is 10.3. The van der Waals surface area contributed by atoms with E-state index in [1.165, 1.54) is 36.8 Å². The van der Waals surface area contributed by atoms with Crippen LogP contribution in [-0.2, 0) is 6.42 Å². The number of anilines is 2. The van der Waals surface area contributed by atoms with E-state index in [2.05, 4.69) is 40.5 Å². The summed E-state index contributed by atoms with van der Waals surface area (Å²) in [5, 5.41) is 3.74. The van der Waals surface area contributed by atoms with E-state index in [9.17, 15) is 0 Å². The smallest absolute Gasteiger partial charge is 0.222 e. The Hall–Kier alpha value is -2.14. The van der Waals surface area contributed by atoms with Crippen LogP contribution >= 0.6 is 0 Å². The van der Waals surface area contributed by atoms with Gasteiger partial charge in [0.05, 0.1) is 5.69 Å². The van der Waals surface area contributed by atoms with E-state index in [0.29, 0.717) is 17.4 Å². The maximum Gasteiger partial charge on any atom is 0.222 e. The maximum atomic E-state index is 6.17. The van der Waals surface area contributed by atoms with Crippen molar-refractivity contribution in [3.8, 4) is 0 Å². The second-order valence-corrected chi connectivity index (χ2v) is 8.11. The summed E-state index contributed by atoms with van der Waals surface area (Å²) in [6.07, 6.45) is 7.15. The van der Waals surface area contributed by atoms with Gasteiger partial charge >= 0.3 is 0 Å². The number of nitrogen functional groups attached to an aromatic ring is 1. The number of fused-ring (bicyclic) bond motifs is 1. The molecular weight excluding hydrogens is 322 g/mol. The van der Waals surface area contributed by atoms with Gasteiger partial charge in [-0.15, -0.1) is 0 Å². The molecule has 1 spiro atoms. The zero-order chi connectivity index (χ0) is 17.6. The minimum absolute atomic E-state index is 0.292. The third-order valence-corrected chi connectivity index (χ3v) is 6.47. The molecule has 5 heteroatoms. The molecule has 2 saturated heterocycles. The second kappa shape index (κ2) is 6.23. The number of nitrogens with zero attached hydrogens (tertiary/aromatic N) is 3. The Morgan fingerprint density at radius 3 is 2.81 bits per heavy atom. The van der Waals surface area contributed by atoms with E-state index in [1.54, 1.807) is 0 Å². The predicted octanol–water partition coefficient (Wildman–Crippen LogP) is 2.86. The highest BCUT2D eigenvalue weighted by Crippen LogP contribution is 2.41. The molecule has 3 aliphatic rings. The van der Waals surface area contributed by atoms with Crippen molar-refractivity contribution in [1.82, 2.24) is 15.3 Å². The van der Waals surface area contributed by atoms with Gasteiger partial charge in [0.1, 0.15) is 5.82 Å². The van der Waals surface area contributed by atoms with E-state index < -0.39 is 0 Å². The van der Waals surface area contributed by atoms with Crippen LogP contribution in [0.5, 0.6) is 0 Å². The van der Waals surface area contributed by atoms with Crippen LogP contribution in [0.4, 0.5) is 11.8 Å². The molecule has 2 aromatic rings. The fourth-order valence-electron chi connectivity index (χ4n) is 5.20. The molecule has 3 heterocycles. The van der Waals surface area contributed by atoms with Crippen molar-refractivity contribution in [1.29, 1.82) is 0 Å². The first-order valence-electron chi connectivity index (χ1n) is 9.95. The van der Waals surface area contributed by atoms with Crippen LogP contribution in [0.25, 0.3) is 0 Å². The van der Waals surface area contributed by atoms with Gasteiger partial charge in [0.2, 0.25) is 5.95 Å². The third kappa shape index (κ3) is 2.65. The Labute approximate surface area is 155 Å². The normalized spacial score (nSPS) is 27.8. The molecular formula is C21H27N5. The maximum absolute atomic E-state index is 6.17. The summed E-state index contributed by atoms with van der Waals surface area (Å²) in [6, 6.07) is 10.7. The molecule has 5 nitrogen and oxygen atoms in total. The second-order valence-electron chi connectivity index (χ2n) is 8.11.